The molecular formula is C13H10ClN3OS2. The van der Waals surface area contributed by atoms with E-state index in [1.54, 1.807) is 12.1 Å². The summed E-state index contributed by atoms with van der Waals surface area (Å²) in [5, 5.41) is 8.66. The zero-order chi connectivity index (χ0) is 14.1. The maximum atomic E-state index is 12.3. The van der Waals surface area contributed by atoms with Gasteiger partial charge < -0.3 is 0 Å². The molecule has 20 heavy (non-hydrogen) atoms. The number of pyridine rings is 1. The Morgan fingerprint density at radius 1 is 1.35 bits per heavy atom. The maximum Gasteiger partial charge on any atom is 0.196 e. The van der Waals surface area contributed by atoms with Gasteiger partial charge in [-0.3, -0.25) is 9.20 Å². The van der Waals surface area contributed by atoms with E-state index in [9.17, 15) is 4.79 Å². The van der Waals surface area contributed by atoms with Crippen molar-refractivity contribution < 1.29 is 4.79 Å². The number of nitrogens with zero attached hydrogens (tertiary/aromatic N) is 3. The first-order valence-corrected chi connectivity index (χ1v) is 7.98. The van der Waals surface area contributed by atoms with Crippen LogP contribution in [-0.4, -0.2) is 25.6 Å². The molecule has 0 aliphatic rings. The van der Waals surface area contributed by atoms with Gasteiger partial charge in [-0.15, -0.1) is 21.5 Å². The molecule has 102 valence electrons. The Hall–Kier alpha value is -1.37. The van der Waals surface area contributed by atoms with Gasteiger partial charge in [0.15, 0.2) is 16.6 Å². The van der Waals surface area contributed by atoms with Crippen molar-refractivity contribution in [3.8, 4) is 0 Å². The largest absolute Gasteiger partial charge is 0.292 e. The number of hydrogen-bond acceptors (Lipinski definition) is 5. The minimum Gasteiger partial charge on any atom is -0.292 e. The second-order valence-electron chi connectivity index (χ2n) is 4.14. The highest BCUT2D eigenvalue weighted by Gasteiger charge is 2.20. The van der Waals surface area contributed by atoms with Gasteiger partial charge in [0.1, 0.15) is 0 Å². The molecule has 3 rings (SSSR count). The van der Waals surface area contributed by atoms with E-state index in [2.05, 4.69) is 10.2 Å². The van der Waals surface area contributed by atoms with Crippen molar-refractivity contribution in [2.75, 3.05) is 0 Å². The minimum atomic E-state index is -0.239. The molecule has 0 aliphatic heterocycles. The molecule has 0 saturated carbocycles. The van der Waals surface area contributed by atoms with Gasteiger partial charge in [0.05, 0.1) is 14.5 Å². The predicted molar refractivity (Wildman–Crippen MR) is 82.0 cm³/mol. The van der Waals surface area contributed by atoms with Crippen molar-refractivity contribution in [3.63, 3.8) is 0 Å². The summed E-state index contributed by atoms with van der Waals surface area (Å²) in [6.45, 7) is 1.87. The minimum absolute atomic E-state index is 0.0552. The Labute approximate surface area is 128 Å². The van der Waals surface area contributed by atoms with Gasteiger partial charge in [-0.1, -0.05) is 29.4 Å². The number of halogens is 1. The lowest BCUT2D eigenvalue weighted by Gasteiger charge is -2.07. The molecule has 0 radical (unpaired) electrons. The Kier molecular flexibility index (Phi) is 3.78. The van der Waals surface area contributed by atoms with Crippen molar-refractivity contribution in [1.29, 1.82) is 0 Å². The third-order valence-corrected chi connectivity index (χ3v) is 5.05. The van der Waals surface area contributed by atoms with E-state index in [0.29, 0.717) is 14.4 Å². The summed E-state index contributed by atoms with van der Waals surface area (Å²) in [7, 11) is 0. The van der Waals surface area contributed by atoms with Gasteiger partial charge in [0.25, 0.3) is 0 Å². The highest BCUT2D eigenvalue weighted by molar-refractivity contribution is 8.00. The van der Waals surface area contributed by atoms with Gasteiger partial charge in [0.2, 0.25) is 0 Å². The van der Waals surface area contributed by atoms with E-state index >= 15 is 0 Å². The second kappa shape index (κ2) is 5.55. The topological polar surface area (TPSA) is 47.3 Å². The fourth-order valence-electron chi connectivity index (χ4n) is 1.76. The van der Waals surface area contributed by atoms with Crippen LogP contribution < -0.4 is 0 Å². The van der Waals surface area contributed by atoms with Crippen LogP contribution in [0.1, 0.15) is 16.6 Å². The standard InChI is InChI=1S/C13H10ClN3OS2/c1-8(12(18)9-5-6-10(14)20-9)19-13-16-15-11-4-2-3-7-17(11)13/h2-8H,1H3. The van der Waals surface area contributed by atoms with Crippen molar-refractivity contribution >= 4 is 46.1 Å². The van der Waals surface area contributed by atoms with Crippen molar-refractivity contribution in [2.45, 2.75) is 17.3 Å². The molecule has 0 fully saturated rings. The zero-order valence-corrected chi connectivity index (χ0v) is 12.9. The first kappa shape index (κ1) is 13.6. The smallest absolute Gasteiger partial charge is 0.196 e. The number of aromatic nitrogens is 3. The molecule has 0 amide bonds. The molecule has 0 bridgehead atoms. The number of fused-ring (bicyclic) bond motifs is 1. The lowest BCUT2D eigenvalue weighted by atomic mass is 10.2. The van der Waals surface area contributed by atoms with Crippen LogP contribution in [0.25, 0.3) is 5.65 Å². The molecule has 4 nitrogen and oxygen atoms in total. The Morgan fingerprint density at radius 2 is 2.20 bits per heavy atom. The van der Waals surface area contributed by atoms with Crippen LogP contribution in [0, 0.1) is 0 Å². The predicted octanol–water partition coefficient (Wildman–Crippen LogP) is 3.81. The van der Waals surface area contributed by atoms with Gasteiger partial charge in [0, 0.05) is 6.20 Å². The molecule has 3 aromatic heterocycles. The average Bonchev–Trinajstić information content (AvgIpc) is 3.05. The second-order valence-corrected chi connectivity index (χ2v) is 7.16. The SMILES string of the molecule is CC(Sc1nnc2ccccn12)C(=O)c1ccc(Cl)s1. The van der Waals surface area contributed by atoms with Gasteiger partial charge in [-0.25, -0.2) is 0 Å². The Morgan fingerprint density at radius 3 is 2.95 bits per heavy atom. The van der Waals surface area contributed by atoms with E-state index in [4.69, 9.17) is 11.6 Å². The summed E-state index contributed by atoms with van der Waals surface area (Å²) in [6, 6.07) is 9.19. The van der Waals surface area contributed by atoms with Gasteiger partial charge in [-0.05, 0) is 31.2 Å². The molecule has 0 N–H and O–H groups in total. The van der Waals surface area contributed by atoms with Crippen LogP contribution in [0.3, 0.4) is 0 Å². The summed E-state index contributed by atoms with van der Waals surface area (Å²) in [5.74, 6) is 0.0552. The number of rotatable bonds is 4. The van der Waals surface area contributed by atoms with Crippen LogP contribution in [0.5, 0.6) is 0 Å². The first-order chi connectivity index (χ1) is 9.65. The van der Waals surface area contributed by atoms with E-state index in [1.165, 1.54) is 23.1 Å². The van der Waals surface area contributed by atoms with Crippen LogP contribution in [0.2, 0.25) is 4.34 Å². The number of carbonyl (C=O) groups excluding carboxylic acids is 1. The van der Waals surface area contributed by atoms with Crippen LogP contribution in [-0.2, 0) is 0 Å². The Balaban J connectivity index is 1.82. The molecule has 0 saturated heterocycles. The Bertz CT molecular complexity index is 768. The van der Waals surface area contributed by atoms with E-state index < -0.39 is 0 Å². The monoisotopic (exact) mass is 323 g/mol. The quantitative estimate of drug-likeness (QED) is 0.541. The van der Waals surface area contributed by atoms with E-state index in [-0.39, 0.29) is 11.0 Å². The molecule has 0 aliphatic carbocycles. The fraction of sp³-hybridized carbons (Fsp3) is 0.154. The highest BCUT2D eigenvalue weighted by Crippen LogP contribution is 2.28. The number of thioether (sulfide) groups is 1. The summed E-state index contributed by atoms with van der Waals surface area (Å²) in [5.41, 5.74) is 0.772. The molecular weight excluding hydrogens is 314 g/mol. The summed E-state index contributed by atoms with van der Waals surface area (Å²) < 4.78 is 2.49. The van der Waals surface area contributed by atoms with Crippen molar-refractivity contribution in [2.24, 2.45) is 0 Å². The molecule has 3 aromatic rings. The third-order valence-electron chi connectivity index (χ3n) is 2.75. The van der Waals surface area contributed by atoms with E-state index in [0.717, 1.165) is 5.65 Å². The number of hydrogen-bond donors (Lipinski definition) is 0. The molecule has 1 atom stereocenters. The number of Topliss-reactive ketones (excluding diaryl/α,β-unsaturated/α-hetero) is 1. The summed E-state index contributed by atoms with van der Waals surface area (Å²) in [6.07, 6.45) is 1.89. The summed E-state index contributed by atoms with van der Waals surface area (Å²) in [4.78, 5) is 13.0. The number of thiophene rings is 1. The average molecular weight is 324 g/mol. The third kappa shape index (κ3) is 2.59. The molecule has 0 aromatic carbocycles. The molecule has 7 heteroatoms. The van der Waals surface area contributed by atoms with Crippen molar-refractivity contribution in [3.05, 3.63) is 45.7 Å². The van der Waals surface area contributed by atoms with Gasteiger partial charge in [-0.2, -0.15) is 0 Å². The number of carbonyl (C=O) groups is 1. The zero-order valence-electron chi connectivity index (χ0n) is 10.5. The highest BCUT2D eigenvalue weighted by atomic mass is 35.5. The number of ketones is 1. The van der Waals surface area contributed by atoms with Crippen LogP contribution in [0.4, 0.5) is 0 Å². The normalized spacial score (nSPS) is 12.7. The van der Waals surface area contributed by atoms with Gasteiger partial charge >= 0.3 is 0 Å². The molecule has 1 unspecified atom stereocenters. The first-order valence-electron chi connectivity index (χ1n) is 5.91. The van der Waals surface area contributed by atoms with Crippen molar-refractivity contribution in [1.82, 2.24) is 14.6 Å². The fourth-order valence-corrected chi connectivity index (χ4v) is 3.81. The van der Waals surface area contributed by atoms with Crippen LogP contribution >= 0.6 is 34.7 Å². The van der Waals surface area contributed by atoms with Crippen LogP contribution in [0.15, 0.2) is 41.7 Å². The lowest BCUT2D eigenvalue weighted by Crippen LogP contribution is -2.12. The molecule has 0 spiro atoms. The summed E-state index contributed by atoms with van der Waals surface area (Å²) >= 11 is 8.56. The van der Waals surface area contributed by atoms with E-state index in [1.807, 2.05) is 35.7 Å². The lowest BCUT2D eigenvalue weighted by molar-refractivity contribution is 0.0997. The molecule has 3 heterocycles. The maximum absolute atomic E-state index is 12.3.